The standard InChI is InChI=1S/C23H27N3O5S2/c1-2-31-18-5-3-16(4-6-18)14-24-23(28)17-9-11-26(12-10-17)33(29,30)19-7-8-21-20(13-19)25-22(27)15-32-21/h3-8,13,17H,2,9-12,14-15H2,1H3,(H,24,28)(H,25,27). The highest BCUT2D eigenvalue weighted by Crippen LogP contribution is 2.34. The Bertz CT molecular complexity index is 1130. The van der Waals surface area contributed by atoms with Crippen molar-refractivity contribution in [1.29, 1.82) is 0 Å². The summed E-state index contributed by atoms with van der Waals surface area (Å²) in [6, 6.07) is 12.4. The average molecular weight is 490 g/mol. The molecule has 176 valence electrons. The Hall–Kier alpha value is -2.56. The van der Waals surface area contributed by atoms with Crippen LogP contribution in [0.1, 0.15) is 25.3 Å². The number of fused-ring (bicyclic) bond motifs is 1. The van der Waals surface area contributed by atoms with Crippen LogP contribution in [0.4, 0.5) is 5.69 Å². The lowest BCUT2D eigenvalue weighted by atomic mass is 9.97. The van der Waals surface area contributed by atoms with Gasteiger partial charge in [-0.3, -0.25) is 9.59 Å². The van der Waals surface area contributed by atoms with Gasteiger partial charge in [-0.15, -0.1) is 11.8 Å². The monoisotopic (exact) mass is 489 g/mol. The van der Waals surface area contributed by atoms with Crippen molar-refractivity contribution < 1.29 is 22.7 Å². The minimum Gasteiger partial charge on any atom is -0.494 e. The van der Waals surface area contributed by atoms with Gasteiger partial charge in [0, 0.05) is 30.4 Å². The van der Waals surface area contributed by atoms with Crippen LogP contribution in [0.2, 0.25) is 0 Å². The van der Waals surface area contributed by atoms with Crippen molar-refractivity contribution in [2.75, 3.05) is 30.8 Å². The third kappa shape index (κ3) is 5.51. The van der Waals surface area contributed by atoms with Crippen molar-refractivity contribution in [3.05, 3.63) is 48.0 Å². The van der Waals surface area contributed by atoms with Crippen LogP contribution in [0, 0.1) is 5.92 Å². The Labute approximate surface area is 198 Å². The first-order valence-corrected chi connectivity index (χ1v) is 13.4. The van der Waals surface area contributed by atoms with Crippen LogP contribution in [0.5, 0.6) is 5.75 Å². The number of hydrogen-bond donors (Lipinski definition) is 2. The zero-order valence-corrected chi connectivity index (χ0v) is 20.0. The molecule has 1 fully saturated rings. The second-order valence-corrected chi connectivity index (χ2v) is 10.9. The summed E-state index contributed by atoms with van der Waals surface area (Å²) in [7, 11) is -3.70. The lowest BCUT2D eigenvalue weighted by Crippen LogP contribution is -2.42. The molecule has 0 aliphatic carbocycles. The number of sulfonamides is 1. The van der Waals surface area contributed by atoms with Crippen molar-refractivity contribution in [1.82, 2.24) is 9.62 Å². The Morgan fingerprint density at radius 1 is 1.18 bits per heavy atom. The van der Waals surface area contributed by atoms with Crippen molar-refractivity contribution in [3.63, 3.8) is 0 Å². The molecule has 0 bridgehead atoms. The molecule has 33 heavy (non-hydrogen) atoms. The molecule has 0 radical (unpaired) electrons. The number of piperidine rings is 1. The molecule has 0 atom stereocenters. The predicted octanol–water partition coefficient (Wildman–Crippen LogP) is 2.85. The van der Waals surface area contributed by atoms with E-state index in [0.717, 1.165) is 16.2 Å². The average Bonchev–Trinajstić information content (AvgIpc) is 2.83. The number of nitrogens with one attached hydrogen (secondary N) is 2. The van der Waals surface area contributed by atoms with E-state index >= 15 is 0 Å². The summed E-state index contributed by atoms with van der Waals surface area (Å²) >= 11 is 1.39. The number of amides is 2. The van der Waals surface area contributed by atoms with E-state index in [1.807, 2.05) is 31.2 Å². The number of carbonyl (C=O) groups excluding carboxylic acids is 2. The second kappa shape index (κ2) is 10.1. The van der Waals surface area contributed by atoms with E-state index in [9.17, 15) is 18.0 Å². The molecule has 2 amide bonds. The Kier molecular flexibility index (Phi) is 7.26. The summed E-state index contributed by atoms with van der Waals surface area (Å²) in [4.78, 5) is 25.3. The highest BCUT2D eigenvalue weighted by molar-refractivity contribution is 8.00. The number of rotatable bonds is 7. The van der Waals surface area contributed by atoms with Gasteiger partial charge in [0.1, 0.15) is 5.75 Å². The molecule has 0 unspecified atom stereocenters. The Morgan fingerprint density at radius 3 is 2.61 bits per heavy atom. The third-order valence-electron chi connectivity index (χ3n) is 5.75. The quantitative estimate of drug-likeness (QED) is 0.620. The summed E-state index contributed by atoms with van der Waals surface area (Å²) in [6.07, 6.45) is 0.928. The van der Waals surface area contributed by atoms with Crippen LogP contribution in [0.3, 0.4) is 0 Å². The minimum atomic E-state index is -3.70. The lowest BCUT2D eigenvalue weighted by Gasteiger charge is -2.31. The molecular formula is C23H27N3O5S2. The van der Waals surface area contributed by atoms with E-state index in [4.69, 9.17) is 4.74 Å². The third-order valence-corrected chi connectivity index (χ3v) is 8.72. The van der Waals surface area contributed by atoms with Gasteiger partial charge in [-0.25, -0.2) is 8.42 Å². The van der Waals surface area contributed by atoms with E-state index in [2.05, 4.69) is 10.6 Å². The van der Waals surface area contributed by atoms with Crippen LogP contribution in [-0.2, 0) is 26.2 Å². The zero-order valence-electron chi connectivity index (χ0n) is 18.4. The van der Waals surface area contributed by atoms with Gasteiger partial charge in [0.25, 0.3) is 0 Å². The first-order chi connectivity index (χ1) is 15.9. The van der Waals surface area contributed by atoms with Gasteiger partial charge in [0.05, 0.1) is 22.9 Å². The van der Waals surface area contributed by atoms with Crippen LogP contribution in [0.25, 0.3) is 0 Å². The molecule has 8 nitrogen and oxygen atoms in total. The van der Waals surface area contributed by atoms with Crippen LogP contribution in [0.15, 0.2) is 52.3 Å². The van der Waals surface area contributed by atoms with Gasteiger partial charge in [-0.2, -0.15) is 4.31 Å². The van der Waals surface area contributed by atoms with Gasteiger partial charge in [-0.1, -0.05) is 12.1 Å². The number of anilines is 1. The Balaban J connectivity index is 1.32. The summed E-state index contributed by atoms with van der Waals surface area (Å²) < 4.78 is 33.1. The molecule has 4 rings (SSSR count). The molecule has 0 spiro atoms. The molecule has 2 N–H and O–H groups in total. The summed E-state index contributed by atoms with van der Waals surface area (Å²) in [5.41, 5.74) is 1.50. The minimum absolute atomic E-state index is 0.0607. The number of nitrogens with zero attached hydrogens (tertiary/aromatic N) is 1. The normalized spacial score (nSPS) is 17.2. The van der Waals surface area contributed by atoms with Crippen molar-refractivity contribution in [3.8, 4) is 5.75 Å². The smallest absolute Gasteiger partial charge is 0.243 e. The van der Waals surface area contributed by atoms with Crippen LogP contribution >= 0.6 is 11.8 Å². The van der Waals surface area contributed by atoms with E-state index in [-0.39, 0.29) is 35.7 Å². The summed E-state index contributed by atoms with van der Waals surface area (Å²) in [5, 5.41) is 5.68. The topological polar surface area (TPSA) is 105 Å². The second-order valence-electron chi connectivity index (χ2n) is 7.97. The molecule has 2 aromatic carbocycles. The van der Waals surface area contributed by atoms with Gasteiger partial charge in [0.15, 0.2) is 0 Å². The summed E-state index contributed by atoms with van der Waals surface area (Å²) in [6.45, 7) is 3.51. The first kappa shape index (κ1) is 23.6. The molecule has 2 aliphatic rings. The molecule has 0 aromatic heterocycles. The van der Waals surface area contributed by atoms with E-state index < -0.39 is 10.0 Å². The maximum atomic E-state index is 13.1. The largest absolute Gasteiger partial charge is 0.494 e. The molecular weight excluding hydrogens is 462 g/mol. The molecule has 2 heterocycles. The van der Waals surface area contributed by atoms with Crippen LogP contribution in [-0.4, -0.2) is 50.0 Å². The van der Waals surface area contributed by atoms with Gasteiger partial charge in [-0.05, 0) is 55.7 Å². The summed E-state index contributed by atoms with van der Waals surface area (Å²) in [5.74, 6) is 0.695. The fourth-order valence-electron chi connectivity index (χ4n) is 3.93. The van der Waals surface area contributed by atoms with Gasteiger partial charge in [0.2, 0.25) is 21.8 Å². The van der Waals surface area contributed by atoms with E-state index in [1.165, 1.54) is 22.1 Å². The van der Waals surface area contributed by atoms with Crippen LogP contribution < -0.4 is 15.4 Å². The fourth-order valence-corrected chi connectivity index (χ4v) is 6.22. The lowest BCUT2D eigenvalue weighted by molar-refractivity contribution is -0.126. The van der Waals surface area contributed by atoms with Crippen molar-refractivity contribution >= 4 is 39.3 Å². The number of ether oxygens (including phenoxy) is 1. The van der Waals surface area contributed by atoms with Crippen molar-refractivity contribution in [2.24, 2.45) is 5.92 Å². The Morgan fingerprint density at radius 2 is 1.91 bits per heavy atom. The van der Waals surface area contributed by atoms with Gasteiger partial charge < -0.3 is 15.4 Å². The maximum absolute atomic E-state index is 13.1. The zero-order chi connectivity index (χ0) is 23.4. The van der Waals surface area contributed by atoms with Gasteiger partial charge >= 0.3 is 0 Å². The van der Waals surface area contributed by atoms with Crippen molar-refractivity contribution in [2.45, 2.75) is 36.1 Å². The molecule has 1 saturated heterocycles. The first-order valence-electron chi connectivity index (χ1n) is 10.9. The molecule has 2 aromatic rings. The maximum Gasteiger partial charge on any atom is 0.243 e. The molecule has 0 saturated carbocycles. The number of thioether (sulfide) groups is 1. The van der Waals surface area contributed by atoms with E-state index in [1.54, 1.807) is 12.1 Å². The molecule has 2 aliphatic heterocycles. The number of carbonyl (C=O) groups is 2. The number of hydrogen-bond acceptors (Lipinski definition) is 6. The number of benzene rings is 2. The van der Waals surface area contributed by atoms with E-state index in [0.29, 0.717) is 37.4 Å². The SMILES string of the molecule is CCOc1ccc(CNC(=O)C2CCN(S(=O)(=O)c3ccc4c(c3)NC(=O)CS4)CC2)cc1. The fraction of sp³-hybridized carbons (Fsp3) is 0.391. The molecule has 10 heteroatoms. The highest BCUT2D eigenvalue weighted by Gasteiger charge is 2.32. The highest BCUT2D eigenvalue weighted by atomic mass is 32.2. The predicted molar refractivity (Wildman–Crippen MR) is 127 cm³/mol.